The summed E-state index contributed by atoms with van der Waals surface area (Å²) in [6.45, 7) is 6.23. The second-order valence-electron chi connectivity index (χ2n) is 4.30. The number of aromatic nitrogens is 2. The summed E-state index contributed by atoms with van der Waals surface area (Å²) in [4.78, 5) is 6.53. The normalized spacial score (nSPS) is 10.5. The molecule has 0 aliphatic rings. The molecule has 0 atom stereocenters. The summed E-state index contributed by atoms with van der Waals surface area (Å²) in [6, 6.07) is 8.50. The summed E-state index contributed by atoms with van der Waals surface area (Å²) in [6.07, 6.45) is 3.78. The van der Waals surface area contributed by atoms with Crippen LogP contribution in [0.2, 0.25) is 0 Å². The van der Waals surface area contributed by atoms with Crippen LogP contribution in [-0.4, -0.2) is 16.1 Å². The highest BCUT2D eigenvalue weighted by Crippen LogP contribution is 2.20. The van der Waals surface area contributed by atoms with Crippen LogP contribution in [0.3, 0.4) is 0 Å². The molecule has 0 radical (unpaired) electrons. The van der Waals surface area contributed by atoms with Crippen molar-refractivity contribution in [1.82, 2.24) is 9.55 Å². The molecule has 0 unspecified atom stereocenters. The number of anilines is 1. The lowest BCUT2D eigenvalue weighted by molar-refractivity contribution is 0.752. The summed E-state index contributed by atoms with van der Waals surface area (Å²) in [5.74, 6) is 0. The van der Waals surface area contributed by atoms with Gasteiger partial charge in [0.25, 0.3) is 0 Å². The van der Waals surface area contributed by atoms with E-state index < -0.39 is 0 Å². The fraction of sp³-hybridized carbons (Fsp3) is 0.357. The highest BCUT2D eigenvalue weighted by Gasteiger charge is 2.09. The van der Waals surface area contributed by atoms with Gasteiger partial charge in [0.1, 0.15) is 0 Å². The van der Waals surface area contributed by atoms with Crippen LogP contribution in [0, 0.1) is 6.92 Å². The minimum atomic E-state index is 0.901. The van der Waals surface area contributed by atoms with E-state index in [-0.39, 0.29) is 0 Å². The Hall–Kier alpha value is -1.77. The molecular formula is C14H19N3. The maximum atomic E-state index is 4.16. The lowest BCUT2D eigenvalue weighted by atomic mass is 10.2. The molecule has 2 aromatic rings. The van der Waals surface area contributed by atoms with Crippen molar-refractivity contribution >= 4 is 5.69 Å². The van der Waals surface area contributed by atoms with Gasteiger partial charge in [-0.1, -0.05) is 18.2 Å². The van der Waals surface area contributed by atoms with E-state index >= 15 is 0 Å². The van der Waals surface area contributed by atoms with Crippen LogP contribution in [0.25, 0.3) is 0 Å². The van der Waals surface area contributed by atoms with Gasteiger partial charge in [0.2, 0.25) is 0 Å². The SMILES string of the molecule is CCN(Cc1cncn1C)c1ccccc1C. The molecule has 3 nitrogen and oxygen atoms in total. The molecule has 1 heterocycles. The maximum Gasteiger partial charge on any atom is 0.0946 e. The fourth-order valence-corrected chi connectivity index (χ4v) is 2.02. The molecule has 0 aliphatic heterocycles. The van der Waals surface area contributed by atoms with Gasteiger partial charge in [-0.3, -0.25) is 0 Å². The smallest absolute Gasteiger partial charge is 0.0946 e. The van der Waals surface area contributed by atoms with Crippen molar-refractivity contribution in [2.24, 2.45) is 7.05 Å². The molecule has 0 aliphatic carbocycles. The lowest BCUT2D eigenvalue weighted by Gasteiger charge is -2.24. The lowest BCUT2D eigenvalue weighted by Crippen LogP contribution is -2.23. The molecule has 0 amide bonds. The number of para-hydroxylation sites is 1. The zero-order valence-electron chi connectivity index (χ0n) is 10.7. The topological polar surface area (TPSA) is 21.1 Å². The van der Waals surface area contributed by atoms with Gasteiger partial charge in [0.15, 0.2) is 0 Å². The molecular weight excluding hydrogens is 210 g/mol. The average Bonchev–Trinajstić information content (AvgIpc) is 2.73. The van der Waals surface area contributed by atoms with Crippen LogP contribution in [0.15, 0.2) is 36.8 Å². The molecule has 3 heteroatoms. The number of hydrogen-bond donors (Lipinski definition) is 0. The van der Waals surface area contributed by atoms with Gasteiger partial charge < -0.3 is 9.47 Å². The number of hydrogen-bond acceptors (Lipinski definition) is 2. The zero-order chi connectivity index (χ0) is 12.3. The van der Waals surface area contributed by atoms with E-state index in [4.69, 9.17) is 0 Å². The van der Waals surface area contributed by atoms with Gasteiger partial charge >= 0.3 is 0 Å². The third-order valence-electron chi connectivity index (χ3n) is 3.11. The molecule has 2 rings (SSSR count). The average molecular weight is 229 g/mol. The predicted molar refractivity (Wildman–Crippen MR) is 71.1 cm³/mol. The van der Waals surface area contributed by atoms with Crippen molar-refractivity contribution in [1.29, 1.82) is 0 Å². The van der Waals surface area contributed by atoms with E-state index in [0.717, 1.165) is 13.1 Å². The van der Waals surface area contributed by atoms with Crippen LogP contribution in [0.5, 0.6) is 0 Å². The van der Waals surface area contributed by atoms with E-state index in [1.54, 1.807) is 0 Å². The monoisotopic (exact) mass is 229 g/mol. The Kier molecular flexibility index (Phi) is 3.47. The maximum absolute atomic E-state index is 4.16. The quantitative estimate of drug-likeness (QED) is 0.803. The van der Waals surface area contributed by atoms with Crippen molar-refractivity contribution in [3.63, 3.8) is 0 Å². The molecule has 1 aromatic heterocycles. The largest absolute Gasteiger partial charge is 0.366 e. The molecule has 90 valence electrons. The zero-order valence-corrected chi connectivity index (χ0v) is 10.7. The number of aryl methyl sites for hydroxylation is 2. The van der Waals surface area contributed by atoms with Crippen molar-refractivity contribution in [2.45, 2.75) is 20.4 Å². The standard InChI is InChI=1S/C14H19N3/c1-4-17(10-13-9-15-11-16(13)3)14-8-6-5-7-12(14)2/h5-9,11H,4,10H2,1-3H3. The summed E-state index contributed by atoms with van der Waals surface area (Å²) in [7, 11) is 2.04. The first kappa shape index (κ1) is 11.7. The summed E-state index contributed by atoms with van der Waals surface area (Å²) >= 11 is 0. The molecule has 0 spiro atoms. The van der Waals surface area contributed by atoms with Gasteiger partial charge in [-0.15, -0.1) is 0 Å². The van der Waals surface area contributed by atoms with E-state index in [1.165, 1.54) is 16.9 Å². The van der Waals surface area contributed by atoms with Gasteiger partial charge in [-0.25, -0.2) is 4.98 Å². The second-order valence-corrected chi connectivity index (χ2v) is 4.30. The molecule has 1 aromatic carbocycles. The molecule has 0 saturated heterocycles. The van der Waals surface area contributed by atoms with Gasteiger partial charge in [-0.2, -0.15) is 0 Å². The molecule has 17 heavy (non-hydrogen) atoms. The first-order valence-electron chi connectivity index (χ1n) is 5.98. The first-order chi connectivity index (χ1) is 8.22. The van der Waals surface area contributed by atoms with Gasteiger partial charge in [0, 0.05) is 25.5 Å². The molecule has 0 N–H and O–H groups in total. The number of nitrogens with zero attached hydrogens (tertiary/aromatic N) is 3. The van der Waals surface area contributed by atoms with E-state index in [0.29, 0.717) is 0 Å². The first-order valence-corrected chi connectivity index (χ1v) is 5.98. The third-order valence-corrected chi connectivity index (χ3v) is 3.11. The molecule has 0 bridgehead atoms. The number of rotatable bonds is 4. The van der Waals surface area contributed by atoms with Crippen molar-refractivity contribution in [3.8, 4) is 0 Å². The summed E-state index contributed by atoms with van der Waals surface area (Å²) in [5.41, 5.74) is 3.85. The van der Waals surface area contributed by atoms with Crippen molar-refractivity contribution in [2.75, 3.05) is 11.4 Å². The second kappa shape index (κ2) is 5.04. The van der Waals surface area contributed by atoms with E-state index in [1.807, 2.05) is 19.6 Å². The predicted octanol–water partition coefficient (Wildman–Crippen LogP) is 2.76. The Bertz CT molecular complexity index is 488. The van der Waals surface area contributed by atoms with Crippen LogP contribution >= 0.6 is 0 Å². The van der Waals surface area contributed by atoms with Crippen molar-refractivity contribution in [3.05, 3.63) is 48.0 Å². The van der Waals surface area contributed by atoms with Gasteiger partial charge in [0.05, 0.1) is 18.6 Å². The minimum absolute atomic E-state index is 0.901. The summed E-state index contributed by atoms with van der Waals surface area (Å²) < 4.78 is 2.07. The van der Waals surface area contributed by atoms with E-state index in [9.17, 15) is 0 Å². The number of benzene rings is 1. The van der Waals surface area contributed by atoms with E-state index in [2.05, 4.69) is 52.6 Å². The van der Waals surface area contributed by atoms with Crippen LogP contribution in [-0.2, 0) is 13.6 Å². The van der Waals surface area contributed by atoms with Crippen LogP contribution in [0.1, 0.15) is 18.2 Å². The third kappa shape index (κ3) is 2.49. The van der Waals surface area contributed by atoms with Crippen LogP contribution < -0.4 is 4.90 Å². The number of imidazole rings is 1. The highest BCUT2D eigenvalue weighted by molar-refractivity contribution is 5.52. The van der Waals surface area contributed by atoms with Crippen LogP contribution in [0.4, 0.5) is 5.69 Å². The Morgan fingerprint density at radius 3 is 2.65 bits per heavy atom. The minimum Gasteiger partial charge on any atom is -0.366 e. The Balaban J connectivity index is 2.23. The Labute approximate surface area is 103 Å². The summed E-state index contributed by atoms with van der Waals surface area (Å²) in [5, 5.41) is 0. The Morgan fingerprint density at radius 1 is 1.29 bits per heavy atom. The Morgan fingerprint density at radius 2 is 2.06 bits per heavy atom. The fourth-order valence-electron chi connectivity index (χ4n) is 2.02. The molecule has 0 fully saturated rings. The molecule has 0 saturated carbocycles. The highest BCUT2D eigenvalue weighted by atomic mass is 15.2. The van der Waals surface area contributed by atoms with Gasteiger partial charge in [-0.05, 0) is 25.5 Å². The van der Waals surface area contributed by atoms with Crippen molar-refractivity contribution < 1.29 is 0 Å².